The Bertz CT molecular complexity index is 538. The van der Waals surface area contributed by atoms with Crippen molar-refractivity contribution in [3.8, 4) is 0 Å². The summed E-state index contributed by atoms with van der Waals surface area (Å²) in [5.74, 6) is -0.350. The van der Waals surface area contributed by atoms with Crippen LogP contribution in [-0.2, 0) is 19.1 Å². The van der Waals surface area contributed by atoms with Crippen molar-refractivity contribution in [1.29, 1.82) is 0 Å². The zero-order chi connectivity index (χ0) is 28.3. The molecule has 6 nitrogen and oxygen atoms in total. The van der Waals surface area contributed by atoms with Crippen molar-refractivity contribution in [2.24, 2.45) is 0 Å². The lowest BCUT2D eigenvalue weighted by molar-refractivity contribution is -0.147. The largest absolute Gasteiger partial charge is 0.466 e. The molecule has 0 bridgehead atoms. The molecule has 38 heavy (non-hydrogen) atoms. The van der Waals surface area contributed by atoms with Crippen LogP contribution < -0.4 is 0 Å². The first kappa shape index (κ1) is 36.9. The fourth-order valence-electron chi connectivity index (χ4n) is 5.01. The summed E-state index contributed by atoms with van der Waals surface area (Å²) in [6, 6.07) is 0. The van der Waals surface area contributed by atoms with Crippen LogP contribution in [0.25, 0.3) is 0 Å². The summed E-state index contributed by atoms with van der Waals surface area (Å²) >= 11 is 0. The summed E-state index contributed by atoms with van der Waals surface area (Å²) in [4.78, 5) is 22.8. The van der Waals surface area contributed by atoms with Gasteiger partial charge in [0.05, 0.1) is 18.8 Å². The van der Waals surface area contributed by atoms with Gasteiger partial charge in [-0.05, 0) is 45.4 Å². The fraction of sp³-hybridized carbons (Fsp3) is 0.938. The molecule has 0 aromatic carbocycles. The standard InChI is InChI=1S/C32H62O6/c1-4-6-7-8-9-15-18-21-24-30(34)31(35)27-26-29(38-28(3)33)23-20-17-14-12-10-11-13-16-19-22-25-32(36)37-5-2/h29-31,34-35H,4-27H2,1-3H3/t29-,30-,31-/m0/s1. The highest BCUT2D eigenvalue weighted by Gasteiger charge is 2.19. The molecule has 0 heterocycles. The van der Waals surface area contributed by atoms with E-state index in [0.29, 0.717) is 32.3 Å². The molecule has 0 aliphatic carbocycles. The maximum absolute atomic E-state index is 11.5. The predicted molar refractivity (Wildman–Crippen MR) is 156 cm³/mol. The van der Waals surface area contributed by atoms with Crippen molar-refractivity contribution in [2.75, 3.05) is 6.61 Å². The normalized spacial score (nSPS) is 13.7. The molecule has 0 spiro atoms. The van der Waals surface area contributed by atoms with Gasteiger partial charge in [-0.1, -0.05) is 110 Å². The van der Waals surface area contributed by atoms with E-state index in [1.807, 2.05) is 6.92 Å². The third-order valence-corrected chi connectivity index (χ3v) is 7.38. The van der Waals surface area contributed by atoms with Gasteiger partial charge in [-0.25, -0.2) is 0 Å². The molecule has 0 radical (unpaired) electrons. The first-order chi connectivity index (χ1) is 18.4. The Morgan fingerprint density at radius 1 is 0.579 bits per heavy atom. The van der Waals surface area contributed by atoms with Crippen molar-refractivity contribution in [2.45, 2.75) is 187 Å². The topological polar surface area (TPSA) is 93.1 Å². The van der Waals surface area contributed by atoms with Crippen LogP contribution in [-0.4, -0.2) is 47.1 Å². The summed E-state index contributed by atoms with van der Waals surface area (Å²) in [6.45, 7) is 5.98. The summed E-state index contributed by atoms with van der Waals surface area (Å²) < 4.78 is 10.4. The van der Waals surface area contributed by atoms with Gasteiger partial charge in [0.1, 0.15) is 6.10 Å². The minimum Gasteiger partial charge on any atom is -0.466 e. The van der Waals surface area contributed by atoms with Crippen molar-refractivity contribution >= 4 is 11.9 Å². The fourth-order valence-corrected chi connectivity index (χ4v) is 5.01. The molecule has 0 aromatic rings. The Labute approximate surface area is 234 Å². The van der Waals surface area contributed by atoms with E-state index < -0.39 is 12.2 Å². The Balaban J connectivity index is 3.81. The van der Waals surface area contributed by atoms with E-state index in [2.05, 4.69) is 6.92 Å². The smallest absolute Gasteiger partial charge is 0.305 e. The number of hydrogen-bond donors (Lipinski definition) is 2. The van der Waals surface area contributed by atoms with Gasteiger partial charge in [-0.15, -0.1) is 0 Å². The molecule has 0 aliphatic rings. The highest BCUT2D eigenvalue weighted by molar-refractivity contribution is 5.69. The van der Waals surface area contributed by atoms with E-state index in [4.69, 9.17) is 9.47 Å². The Hall–Kier alpha value is -1.14. The van der Waals surface area contributed by atoms with Gasteiger partial charge in [-0.3, -0.25) is 9.59 Å². The van der Waals surface area contributed by atoms with Gasteiger partial charge < -0.3 is 19.7 Å². The lowest BCUT2D eigenvalue weighted by Crippen LogP contribution is -2.28. The SMILES string of the molecule is CCCCCCCCCC[C@H](O)[C@@H](O)CC[C@H](CCCCCCCCCCCCC(=O)OCC)OC(C)=O. The average molecular weight is 543 g/mol. The van der Waals surface area contributed by atoms with E-state index in [9.17, 15) is 19.8 Å². The first-order valence-electron chi connectivity index (χ1n) is 16.1. The second-order valence-electron chi connectivity index (χ2n) is 11.1. The molecule has 0 amide bonds. The van der Waals surface area contributed by atoms with E-state index in [0.717, 1.165) is 44.9 Å². The number of carbonyl (C=O) groups excluding carboxylic acids is 2. The number of ether oxygens (including phenoxy) is 2. The van der Waals surface area contributed by atoms with E-state index in [1.54, 1.807) is 0 Å². The van der Waals surface area contributed by atoms with E-state index in [1.165, 1.54) is 84.0 Å². The summed E-state index contributed by atoms with van der Waals surface area (Å²) in [7, 11) is 0. The highest BCUT2D eigenvalue weighted by Crippen LogP contribution is 2.19. The molecular weight excluding hydrogens is 480 g/mol. The number of rotatable bonds is 28. The lowest BCUT2D eigenvalue weighted by atomic mass is 9.98. The van der Waals surface area contributed by atoms with Gasteiger partial charge in [0, 0.05) is 13.3 Å². The molecule has 0 saturated carbocycles. The molecular formula is C32H62O6. The van der Waals surface area contributed by atoms with Crippen LogP contribution in [0.2, 0.25) is 0 Å². The van der Waals surface area contributed by atoms with Crippen LogP contribution in [0.1, 0.15) is 168 Å². The second kappa shape index (κ2) is 27.4. The number of aliphatic hydroxyl groups excluding tert-OH is 2. The molecule has 226 valence electrons. The molecule has 0 aromatic heterocycles. The maximum atomic E-state index is 11.5. The number of carbonyl (C=O) groups is 2. The van der Waals surface area contributed by atoms with Crippen LogP contribution in [0.15, 0.2) is 0 Å². The van der Waals surface area contributed by atoms with Crippen molar-refractivity contribution in [1.82, 2.24) is 0 Å². The van der Waals surface area contributed by atoms with E-state index in [-0.39, 0.29) is 18.0 Å². The molecule has 0 fully saturated rings. The van der Waals surface area contributed by atoms with Gasteiger partial charge in [0.2, 0.25) is 0 Å². The minimum atomic E-state index is -0.747. The van der Waals surface area contributed by atoms with Gasteiger partial charge >= 0.3 is 11.9 Å². The summed E-state index contributed by atoms with van der Waals surface area (Å²) in [6.07, 6.45) is 22.7. The number of esters is 2. The highest BCUT2D eigenvalue weighted by atomic mass is 16.5. The molecule has 6 heteroatoms. The molecule has 0 unspecified atom stereocenters. The second-order valence-corrected chi connectivity index (χ2v) is 11.1. The zero-order valence-corrected chi connectivity index (χ0v) is 25.2. The quantitative estimate of drug-likeness (QED) is 0.0764. The third kappa shape index (κ3) is 25.2. The molecule has 2 N–H and O–H groups in total. The Morgan fingerprint density at radius 2 is 1.03 bits per heavy atom. The van der Waals surface area contributed by atoms with Crippen LogP contribution in [0.4, 0.5) is 0 Å². The molecule has 0 saturated heterocycles. The zero-order valence-electron chi connectivity index (χ0n) is 25.2. The van der Waals surface area contributed by atoms with Crippen LogP contribution in [0, 0.1) is 0 Å². The van der Waals surface area contributed by atoms with Gasteiger partial charge in [0.15, 0.2) is 0 Å². The lowest BCUT2D eigenvalue weighted by Gasteiger charge is -2.22. The minimum absolute atomic E-state index is 0.0775. The molecule has 3 atom stereocenters. The van der Waals surface area contributed by atoms with Crippen molar-refractivity contribution in [3.05, 3.63) is 0 Å². The van der Waals surface area contributed by atoms with Crippen LogP contribution >= 0.6 is 0 Å². The average Bonchev–Trinajstić information content (AvgIpc) is 2.88. The third-order valence-electron chi connectivity index (χ3n) is 7.38. The first-order valence-corrected chi connectivity index (χ1v) is 16.1. The summed E-state index contributed by atoms with van der Waals surface area (Å²) in [5.41, 5.74) is 0. The van der Waals surface area contributed by atoms with Gasteiger partial charge in [0.25, 0.3) is 0 Å². The number of unbranched alkanes of at least 4 members (excludes halogenated alkanes) is 16. The molecule has 0 aliphatic heterocycles. The van der Waals surface area contributed by atoms with Gasteiger partial charge in [-0.2, -0.15) is 0 Å². The molecule has 0 rings (SSSR count). The number of aliphatic hydroxyl groups is 2. The summed E-state index contributed by atoms with van der Waals surface area (Å²) in [5, 5.41) is 20.7. The monoisotopic (exact) mass is 542 g/mol. The Morgan fingerprint density at radius 3 is 1.53 bits per heavy atom. The van der Waals surface area contributed by atoms with Crippen LogP contribution in [0.5, 0.6) is 0 Å². The Kier molecular flexibility index (Phi) is 26.6. The van der Waals surface area contributed by atoms with E-state index >= 15 is 0 Å². The predicted octanol–water partition coefficient (Wildman–Crippen LogP) is 8.20. The number of hydrogen-bond acceptors (Lipinski definition) is 6. The maximum Gasteiger partial charge on any atom is 0.305 e. The van der Waals surface area contributed by atoms with Crippen molar-refractivity contribution < 1.29 is 29.3 Å². The van der Waals surface area contributed by atoms with Crippen LogP contribution in [0.3, 0.4) is 0 Å². The van der Waals surface area contributed by atoms with Crippen molar-refractivity contribution in [3.63, 3.8) is 0 Å².